The molecule has 226 valence electrons. The van der Waals surface area contributed by atoms with E-state index in [0.717, 1.165) is 66.9 Å². The lowest BCUT2D eigenvalue weighted by atomic mass is 10.1. The molecule has 0 saturated carbocycles. The molecule has 2 heterocycles. The zero-order valence-electron chi connectivity index (χ0n) is 25.1. The van der Waals surface area contributed by atoms with Crippen molar-refractivity contribution in [1.82, 2.24) is 18.3 Å². The molecule has 0 atom stereocenters. The Bertz CT molecular complexity index is 2190. The van der Waals surface area contributed by atoms with Gasteiger partial charge in [0.2, 0.25) is 0 Å². The predicted molar refractivity (Wildman–Crippen MR) is 198 cm³/mol. The number of nitrogens with zero attached hydrogens (tertiary/aromatic N) is 4. The third-order valence-electron chi connectivity index (χ3n) is 8.82. The summed E-state index contributed by atoms with van der Waals surface area (Å²) < 4.78 is 9.61. The number of rotatable bonds is 4. The fraction of sp³-hybridized carbons (Fsp3) is 0.0233. The number of para-hydroxylation sites is 8. The van der Waals surface area contributed by atoms with Gasteiger partial charge < -0.3 is 18.3 Å². The molecular weight excluding hydrogens is 573 g/mol. The summed E-state index contributed by atoms with van der Waals surface area (Å²) in [5.74, 6) is 0. The Morgan fingerprint density at radius 1 is 0.213 bits per heavy atom. The highest BCUT2D eigenvalue weighted by Crippen LogP contribution is 2.36. The fourth-order valence-corrected chi connectivity index (χ4v) is 6.90. The Morgan fingerprint density at radius 2 is 0.404 bits per heavy atom. The summed E-state index contributed by atoms with van der Waals surface area (Å²) in [5.41, 5.74) is 13.4. The first-order valence-corrected chi connectivity index (χ1v) is 15.6. The molecule has 0 aliphatic carbocycles. The SMILES string of the molecule is C.c1ccc(-n2c3ccccc3n(-c3ccccc3)c3cc4c(cc32)n(-c2ccccc2)c2ccccc2n4-c2ccccc2)cc1. The summed E-state index contributed by atoms with van der Waals surface area (Å²) in [6.45, 7) is 0. The van der Waals surface area contributed by atoms with Crippen LogP contribution < -0.4 is 0 Å². The van der Waals surface area contributed by atoms with Crippen molar-refractivity contribution in [3.63, 3.8) is 0 Å². The van der Waals surface area contributed by atoms with E-state index in [4.69, 9.17) is 0 Å². The zero-order valence-corrected chi connectivity index (χ0v) is 25.1. The lowest BCUT2D eigenvalue weighted by Gasteiger charge is -2.26. The lowest BCUT2D eigenvalue weighted by molar-refractivity contribution is 1.06. The molecule has 7 aromatic carbocycles. The Labute approximate surface area is 273 Å². The van der Waals surface area contributed by atoms with Gasteiger partial charge in [-0.1, -0.05) is 104 Å². The first-order valence-electron chi connectivity index (χ1n) is 15.6. The highest BCUT2D eigenvalue weighted by Gasteiger charge is 2.19. The summed E-state index contributed by atoms with van der Waals surface area (Å²) in [5, 5.41) is 0. The molecule has 0 unspecified atom stereocenters. The summed E-state index contributed by atoms with van der Waals surface area (Å²) in [6, 6.07) is 64.9. The van der Waals surface area contributed by atoms with Crippen LogP contribution >= 0.6 is 0 Å². The maximum Gasteiger partial charge on any atom is 0.0725 e. The van der Waals surface area contributed by atoms with Gasteiger partial charge in [-0.05, 0) is 84.9 Å². The molecule has 9 rings (SSSR count). The van der Waals surface area contributed by atoms with Crippen LogP contribution in [0.5, 0.6) is 0 Å². The van der Waals surface area contributed by atoms with Crippen LogP contribution in [0.3, 0.4) is 0 Å². The monoisotopic (exact) mass is 606 g/mol. The Morgan fingerprint density at radius 3 is 0.617 bits per heavy atom. The second-order valence-electron chi connectivity index (χ2n) is 11.5. The highest BCUT2D eigenvalue weighted by molar-refractivity contribution is 6.03. The molecule has 0 spiro atoms. The van der Waals surface area contributed by atoms with E-state index in [1.807, 2.05) is 0 Å². The third kappa shape index (κ3) is 4.53. The second kappa shape index (κ2) is 11.6. The van der Waals surface area contributed by atoms with Gasteiger partial charge in [0, 0.05) is 22.7 Å². The van der Waals surface area contributed by atoms with Gasteiger partial charge in [-0.3, -0.25) is 0 Å². The van der Waals surface area contributed by atoms with E-state index in [0.29, 0.717) is 0 Å². The van der Waals surface area contributed by atoms with Gasteiger partial charge >= 0.3 is 0 Å². The van der Waals surface area contributed by atoms with Gasteiger partial charge in [0.1, 0.15) is 0 Å². The smallest absolute Gasteiger partial charge is 0.0725 e. The van der Waals surface area contributed by atoms with Crippen molar-refractivity contribution in [2.24, 2.45) is 0 Å². The maximum atomic E-state index is 2.40. The summed E-state index contributed by atoms with van der Waals surface area (Å²) in [6.07, 6.45) is 0. The van der Waals surface area contributed by atoms with Gasteiger partial charge in [-0.15, -0.1) is 0 Å². The predicted octanol–water partition coefficient (Wildman–Crippen LogP) is 11.2. The van der Waals surface area contributed by atoms with Crippen molar-refractivity contribution in [3.05, 3.63) is 182 Å². The third-order valence-corrected chi connectivity index (χ3v) is 8.82. The molecule has 0 N–H and O–H groups in total. The Kier molecular flexibility index (Phi) is 6.96. The number of hydrogen-bond donors (Lipinski definition) is 0. The minimum absolute atomic E-state index is 0. The van der Waals surface area contributed by atoms with Crippen LogP contribution in [0, 0.1) is 0 Å². The van der Waals surface area contributed by atoms with E-state index in [9.17, 15) is 0 Å². The van der Waals surface area contributed by atoms with Crippen LogP contribution in [0.1, 0.15) is 7.43 Å². The minimum atomic E-state index is 0. The molecule has 0 amide bonds. The molecule has 9 aromatic rings. The molecule has 0 fully saturated rings. The van der Waals surface area contributed by atoms with E-state index < -0.39 is 0 Å². The number of hydrogen-bond acceptors (Lipinski definition) is 0. The number of fused-ring (bicyclic) bond motifs is 4. The molecule has 2 aromatic heterocycles. The quantitative estimate of drug-likeness (QED) is 0.178. The van der Waals surface area contributed by atoms with Gasteiger partial charge in [0.05, 0.1) is 44.1 Å². The van der Waals surface area contributed by atoms with Crippen LogP contribution in [-0.2, 0) is 0 Å². The molecule has 0 saturated heterocycles. The summed E-state index contributed by atoms with van der Waals surface area (Å²) in [7, 11) is 0. The van der Waals surface area contributed by atoms with Gasteiger partial charge in [-0.2, -0.15) is 0 Å². The van der Waals surface area contributed by atoms with Gasteiger partial charge in [-0.25, -0.2) is 0 Å². The van der Waals surface area contributed by atoms with Crippen molar-refractivity contribution < 1.29 is 0 Å². The molecular formula is C43H34N4. The van der Waals surface area contributed by atoms with Crippen molar-refractivity contribution in [1.29, 1.82) is 0 Å². The molecule has 0 aliphatic rings. The van der Waals surface area contributed by atoms with Crippen LogP contribution in [0.15, 0.2) is 182 Å². The van der Waals surface area contributed by atoms with Gasteiger partial charge in [0.15, 0.2) is 0 Å². The van der Waals surface area contributed by atoms with Crippen molar-refractivity contribution >= 4 is 44.1 Å². The standard InChI is InChI=1S/C42H30N4.CH4/c1-5-17-31(18-6-1)43-35-25-13-14-26-36(35)44(32-19-7-2-8-20-32)40-30-42-41(29-39(40)43)45(33-21-9-3-10-22-33)37-27-15-16-28-38(37)46(42)34-23-11-4-12-24-34;/h1-30H;1H4. The van der Waals surface area contributed by atoms with Crippen LogP contribution in [0.25, 0.3) is 66.9 Å². The van der Waals surface area contributed by atoms with E-state index in [2.05, 4.69) is 200 Å². The Hall–Kier alpha value is -6.26. The summed E-state index contributed by atoms with van der Waals surface area (Å²) in [4.78, 5) is 0. The topological polar surface area (TPSA) is 19.7 Å². The Balaban J connectivity index is 0.00000324. The van der Waals surface area contributed by atoms with Crippen LogP contribution in [0.4, 0.5) is 0 Å². The highest BCUT2D eigenvalue weighted by atomic mass is 15.1. The summed E-state index contributed by atoms with van der Waals surface area (Å²) >= 11 is 0. The van der Waals surface area contributed by atoms with Crippen molar-refractivity contribution in [2.45, 2.75) is 7.43 Å². The van der Waals surface area contributed by atoms with E-state index in [1.54, 1.807) is 0 Å². The number of aromatic nitrogens is 4. The number of benzene rings is 7. The lowest BCUT2D eigenvalue weighted by Crippen LogP contribution is -2.12. The van der Waals surface area contributed by atoms with E-state index >= 15 is 0 Å². The zero-order chi connectivity index (χ0) is 30.5. The van der Waals surface area contributed by atoms with E-state index in [-0.39, 0.29) is 7.43 Å². The normalized spacial score (nSPS) is 11.2. The first-order chi connectivity index (χ1) is 22.9. The van der Waals surface area contributed by atoms with Crippen molar-refractivity contribution in [2.75, 3.05) is 0 Å². The van der Waals surface area contributed by atoms with Crippen molar-refractivity contribution in [3.8, 4) is 22.7 Å². The van der Waals surface area contributed by atoms with Crippen LogP contribution in [-0.4, -0.2) is 18.3 Å². The first kappa shape index (κ1) is 28.2. The molecule has 4 heteroatoms. The molecule has 0 bridgehead atoms. The van der Waals surface area contributed by atoms with Gasteiger partial charge in [0.25, 0.3) is 0 Å². The molecule has 47 heavy (non-hydrogen) atoms. The minimum Gasteiger partial charge on any atom is -0.306 e. The van der Waals surface area contributed by atoms with Crippen LogP contribution in [0.2, 0.25) is 0 Å². The fourth-order valence-electron chi connectivity index (χ4n) is 6.90. The molecule has 0 radical (unpaired) electrons. The molecule has 0 aliphatic heterocycles. The molecule has 4 nitrogen and oxygen atoms in total. The maximum absolute atomic E-state index is 2.40. The average molecular weight is 607 g/mol. The van der Waals surface area contributed by atoms with E-state index in [1.165, 1.54) is 0 Å². The second-order valence-corrected chi connectivity index (χ2v) is 11.5. The largest absolute Gasteiger partial charge is 0.306 e. The average Bonchev–Trinajstić information content (AvgIpc) is 3.13.